The van der Waals surface area contributed by atoms with E-state index in [1.54, 1.807) is 54.1 Å². The number of likely N-dealkylation sites (tertiary alicyclic amines) is 1. The second-order valence-electron chi connectivity index (χ2n) is 12.1. The molecular formula is C30H39N5O5. The highest BCUT2D eigenvalue weighted by Crippen LogP contribution is 2.29. The minimum atomic E-state index is -1.01. The summed E-state index contributed by atoms with van der Waals surface area (Å²) < 4.78 is 5.63. The van der Waals surface area contributed by atoms with E-state index in [0.717, 1.165) is 12.0 Å². The molecule has 0 aliphatic carbocycles. The van der Waals surface area contributed by atoms with Crippen molar-refractivity contribution < 1.29 is 24.0 Å². The number of hydrogen-bond acceptors (Lipinski definition) is 8. The largest absolute Gasteiger partial charge is 0.444 e. The van der Waals surface area contributed by atoms with Crippen LogP contribution in [0.15, 0.2) is 47.8 Å². The van der Waals surface area contributed by atoms with Crippen LogP contribution in [0.1, 0.15) is 68.9 Å². The van der Waals surface area contributed by atoms with Crippen LogP contribution in [0.4, 0.5) is 10.6 Å². The summed E-state index contributed by atoms with van der Waals surface area (Å²) in [6.45, 7) is 10.3. The van der Waals surface area contributed by atoms with Crippen molar-refractivity contribution >= 4 is 29.3 Å². The molecule has 1 saturated heterocycles. The molecule has 10 heteroatoms. The van der Waals surface area contributed by atoms with Crippen molar-refractivity contribution in [1.82, 2.24) is 14.8 Å². The van der Waals surface area contributed by atoms with E-state index in [1.165, 1.54) is 0 Å². The van der Waals surface area contributed by atoms with Crippen molar-refractivity contribution in [2.24, 2.45) is 5.16 Å². The Bertz CT molecular complexity index is 1300. The molecule has 1 atom stereocenters. The zero-order chi connectivity index (χ0) is 29.2. The van der Waals surface area contributed by atoms with Gasteiger partial charge in [0.2, 0.25) is 5.78 Å². The number of aromatic nitrogens is 1. The van der Waals surface area contributed by atoms with Crippen LogP contribution in [-0.2, 0) is 20.9 Å². The van der Waals surface area contributed by atoms with Crippen molar-refractivity contribution in [3.63, 3.8) is 0 Å². The normalized spacial score (nSPS) is 18.8. The smallest absolute Gasteiger partial charge is 0.410 e. The van der Waals surface area contributed by atoms with Gasteiger partial charge in [0, 0.05) is 42.5 Å². The van der Waals surface area contributed by atoms with E-state index >= 15 is 0 Å². The van der Waals surface area contributed by atoms with E-state index < -0.39 is 17.3 Å². The third-order valence-corrected chi connectivity index (χ3v) is 6.75. The molecule has 3 heterocycles. The van der Waals surface area contributed by atoms with Gasteiger partial charge in [0.05, 0.1) is 6.04 Å². The predicted molar refractivity (Wildman–Crippen MR) is 152 cm³/mol. The van der Waals surface area contributed by atoms with Crippen LogP contribution in [-0.4, -0.2) is 82.7 Å². The molecule has 1 aromatic carbocycles. The van der Waals surface area contributed by atoms with Crippen molar-refractivity contribution in [1.29, 1.82) is 0 Å². The maximum Gasteiger partial charge on any atom is 0.410 e. The number of ketones is 1. The number of rotatable bonds is 6. The van der Waals surface area contributed by atoms with Crippen molar-refractivity contribution in [2.45, 2.75) is 71.2 Å². The molecule has 0 spiro atoms. The average molecular weight is 550 g/mol. The van der Waals surface area contributed by atoms with Crippen molar-refractivity contribution in [2.75, 3.05) is 32.1 Å². The highest BCUT2D eigenvalue weighted by molar-refractivity contribution is 6.49. The van der Waals surface area contributed by atoms with Crippen molar-refractivity contribution in [3.05, 3.63) is 59.3 Å². The first-order valence-corrected chi connectivity index (χ1v) is 13.6. The van der Waals surface area contributed by atoms with Gasteiger partial charge >= 0.3 is 6.09 Å². The molecule has 40 heavy (non-hydrogen) atoms. The fourth-order valence-corrected chi connectivity index (χ4v) is 4.83. The van der Waals surface area contributed by atoms with Crippen LogP contribution in [0.25, 0.3) is 0 Å². The number of pyridine rings is 1. The molecule has 2 amide bonds. The van der Waals surface area contributed by atoms with Gasteiger partial charge in [-0.25, -0.2) is 9.78 Å². The first kappa shape index (κ1) is 29.2. The van der Waals surface area contributed by atoms with Crippen LogP contribution in [0, 0.1) is 0 Å². The molecule has 0 unspecified atom stereocenters. The molecule has 2 aliphatic heterocycles. The summed E-state index contributed by atoms with van der Waals surface area (Å²) in [6, 6.07) is 10.3. The number of nitrogens with zero attached hydrogens (tertiary/aromatic N) is 5. The van der Waals surface area contributed by atoms with Gasteiger partial charge in [-0.1, -0.05) is 23.4 Å². The Labute approximate surface area is 235 Å². The first-order valence-electron chi connectivity index (χ1n) is 13.6. The van der Waals surface area contributed by atoms with Gasteiger partial charge in [0.1, 0.15) is 11.4 Å². The van der Waals surface area contributed by atoms with E-state index in [4.69, 9.17) is 9.57 Å². The second-order valence-corrected chi connectivity index (χ2v) is 12.1. The Balaban J connectivity index is 1.67. The number of piperidine rings is 1. The van der Waals surface area contributed by atoms with Gasteiger partial charge < -0.3 is 19.4 Å². The van der Waals surface area contributed by atoms with Crippen molar-refractivity contribution in [3.8, 4) is 0 Å². The topological polar surface area (TPSA) is 105 Å². The molecule has 10 nitrogen and oxygen atoms in total. The lowest BCUT2D eigenvalue weighted by Crippen LogP contribution is -2.53. The third-order valence-electron chi connectivity index (χ3n) is 6.75. The molecule has 2 aliphatic rings. The fourth-order valence-electron chi connectivity index (χ4n) is 4.83. The first-order chi connectivity index (χ1) is 18.8. The number of ether oxygens (including phenoxy) is 1. The zero-order valence-corrected chi connectivity index (χ0v) is 24.4. The molecule has 4 rings (SSSR count). The molecule has 214 valence electrons. The lowest BCUT2D eigenvalue weighted by molar-refractivity contribution is -0.128. The summed E-state index contributed by atoms with van der Waals surface area (Å²) in [4.78, 5) is 55.1. The fraction of sp³-hybridized carbons (Fsp3) is 0.500. The maximum absolute atomic E-state index is 14.2. The monoisotopic (exact) mass is 549 g/mol. The number of oxime groups is 1. The molecule has 0 bridgehead atoms. The van der Waals surface area contributed by atoms with Crippen LogP contribution >= 0.6 is 0 Å². The highest BCUT2D eigenvalue weighted by atomic mass is 16.7. The standard InChI is InChI=1S/C30H39N5O5/c1-29(2,3)39-28(38)34-17-9-11-23(19-34)35(26-22(18-33(6)7)10-8-16-31-26)27(37)21-14-12-20(13-15-21)24-25(36)30(4,5)40-32-24/h8,10,12-16,23H,9,11,17-19H2,1-7H3/t23-/m1/s1. The van der Waals surface area contributed by atoms with Crippen LogP contribution in [0.5, 0.6) is 0 Å². The Morgan fingerprint density at radius 2 is 1.85 bits per heavy atom. The third kappa shape index (κ3) is 6.50. The highest BCUT2D eigenvalue weighted by Gasteiger charge is 2.40. The van der Waals surface area contributed by atoms with Gasteiger partial charge in [-0.15, -0.1) is 0 Å². The molecular weight excluding hydrogens is 510 g/mol. The molecule has 0 saturated carbocycles. The average Bonchev–Trinajstić information content (AvgIpc) is 3.16. The molecule has 1 fully saturated rings. The van der Waals surface area contributed by atoms with Crippen LogP contribution in [0.3, 0.4) is 0 Å². The van der Waals surface area contributed by atoms with E-state index in [2.05, 4.69) is 10.1 Å². The second kappa shape index (κ2) is 11.4. The van der Waals surface area contributed by atoms with E-state index in [-0.39, 0.29) is 23.4 Å². The molecule has 2 aromatic rings. The number of carbonyl (C=O) groups excluding carboxylic acids is 3. The SMILES string of the molecule is CN(C)Cc1cccnc1N(C(=O)c1ccc(C2=NOC(C)(C)C2=O)cc1)[C@@H]1CCCN(C(=O)OC(C)(C)C)C1. The molecule has 1 aromatic heterocycles. The van der Waals surface area contributed by atoms with Gasteiger partial charge in [0.25, 0.3) is 5.91 Å². The summed E-state index contributed by atoms with van der Waals surface area (Å²) in [5.74, 6) is 0.115. The number of hydrogen-bond donors (Lipinski definition) is 0. The number of amides is 2. The summed E-state index contributed by atoms with van der Waals surface area (Å²) in [7, 11) is 3.93. The Kier molecular flexibility index (Phi) is 8.30. The van der Waals surface area contributed by atoms with E-state index in [0.29, 0.717) is 43.0 Å². The number of carbonyl (C=O) groups is 3. The van der Waals surface area contributed by atoms with Gasteiger partial charge in [0.15, 0.2) is 11.3 Å². The number of Topliss-reactive ketones (excluding diaryl/α,β-unsaturated/α-hetero) is 1. The predicted octanol–water partition coefficient (Wildman–Crippen LogP) is 4.27. The molecule has 0 radical (unpaired) electrons. The maximum atomic E-state index is 14.2. The van der Waals surface area contributed by atoms with Crippen LogP contribution in [0.2, 0.25) is 0 Å². The minimum Gasteiger partial charge on any atom is -0.444 e. The lowest BCUT2D eigenvalue weighted by atomic mass is 9.95. The lowest BCUT2D eigenvalue weighted by Gasteiger charge is -2.40. The zero-order valence-electron chi connectivity index (χ0n) is 24.4. The Morgan fingerprint density at radius 1 is 1.15 bits per heavy atom. The summed E-state index contributed by atoms with van der Waals surface area (Å²) >= 11 is 0. The molecule has 0 N–H and O–H groups in total. The minimum absolute atomic E-state index is 0.209. The summed E-state index contributed by atoms with van der Waals surface area (Å²) in [5, 5.41) is 3.97. The Morgan fingerprint density at radius 3 is 2.45 bits per heavy atom. The van der Waals surface area contributed by atoms with E-state index in [9.17, 15) is 14.4 Å². The van der Waals surface area contributed by atoms with Crippen LogP contribution < -0.4 is 4.90 Å². The number of anilines is 1. The van der Waals surface area contributed by atoms with E-state index in [1.807, 2.05) is 51.9 Å². The Hall–Kier alpha value is -3.79. The number of benzene rings is 1. The van der Waals surface area contributed by atoms with Gasteiger partial charge in [-0.2, -0.15) is 0 Å². The summed E-state index contributed by atoms with van der Waals surface area (Å²) in [6.07, 6.45) is 2.72. The van der Waals surface area contributed by atoms with Gasteiger partial charge in [-0.05, 0) is 79.8 Å². The summed E-state index contributed by atoms with van der Waals surface area (Å²) in [5.41, 5.74) is 0.524. The quantitative estimate of drug-likeness (QED) is 0.530. The van der Waals surface area contributed by atoms with Gasteiger partial charge in [-0.3, -0.25) is 14.5 Å².